The molecule has 0 rings (SSSR count). The molecular weight excluding hydrogens is 212 g/mol. The number of nitrogens with one attached hydrogen (secondary N) is 1. The van der Waals surface area contributed by atoms with Crippen LogP contribution in [0.25, 0.3) is 0 Å². The molecule has 0 aromatic rings. The molecular formula is C10H16N2O2S. The Morgan fingerprint density at radius 1 is 1.60 bits per heavy atom. The predicted molar refractivity (Wildman–Crippen MR) is 62.7 cm³/mol. The molecule has 15 heavy (non-hydrogen) atoms. The van der Waals surface area contributed by atoms with Crippen molar-refractivity contribution < 1.29 is 10.0 Å². The molecule has 0 saturated heterocycles. The van der Waals surface area contributed by atoms with Crippen molar-refractivity contribution in [1.82, 2.24) is 5.32 Å². The number of thioether (sulfide) groups is 1. The second-order valence-corrected chi connectivity index (χ2v) is 4.93. The molecule has 1 amide bonds. The molecule has 0 aromatic heterocycles. The van der Waals surface area contributed by atoms with Gasteiger partial charge in [0.15, 0.2) is 0 Å². The van der Waals surface area contributed by atoms with Gasteiger partial charge in [0.25, 0.3) is 0 Å². The van der Waals surface area contributed by atoms with Gasteiger partial charge in [0.2, 0.25) is 5.91 Å². The number of rotatable bonds is 2. The van der Waals surface area contributed by atoms with Crippen molar-refractivity contribution in [2.75, 3.05) is 7.05 Å². The molecule has 0 spiro atoms. The average molecular weight is 228 g/mol. The molecule has 0 heterocycles. The largest absolute Gasteiger partial charge is 0.410 e. The first-order valence-electron chi connectivity index (χ1n) is 4.44. The summed E-state index contributed by atoms with van der Waals surface area (Å²) in [5, 5.41) is 17.0. The third-order valence-corrected chi connectivity index (χ3v) is 2.53. The average Bonchev–Trinajstić information content (AvgIpc) is 2.14. The second kappa shape index (κ2) is 5.66. The lowest BCUT2D eigenvalue weighted by atomic mass is 9.81. The molecule has 0 fully saturated rings. The highest BCUT2D eigenvalue weighted by molar-refractivity contribution is 8.18. The number of carbonyl (C=O) groups excluding carboxylic acids is 1. The number of nitrogens with zero attached hydrogens (tertiary/aromatic N) is 1. The summed E-state index contributed by atoms with van der Waals surface area (Å²) >= 11 is 0.922. The number of hydrogen-bond acceptors (Lipinski definition) is 4. The Morgan fingerprint density at radius 3 is 2.40 bits per heavy atom. The Hall–Kier alpha value is -1.15. The Morgan fingerprint density at radius 2 is 2.13 bits per heavy atom. The number of amides is 1. The first-order valence-corrected chi connectivity index (χ1v) is 5.26. The second-order valence-electron chi connectivity index (χ2n) is 4.07. The lowest BCUT2D eigenvalue weighted by molar-refractivity contribution is -0.124. The fraction of sp³-hybridized carbons (Fsp3) is 0.600. The van der Waals surface area contributed by atoms with Crippen LogP contribution < -0.4 is 5.32 Å². The van der Waals surface area contributed by atoms with E-state index < -0.39 is 5.92 Å². The van der Waals surface area contributed by atoms with Gasteiger partial charge < -0.3 is 10.5 Å². The summed E-state index contributed by atoms with van der Waals surface area (Å²) in [4.78, 5) is 11.6. The molecule has 0 bridgehead atoms. The standard InChI is InChI=1S/C10H16N2O2S/c1-6-15-9(12-14)7(8(13)11-5)10(2,3)4/h1,7,14H,2-5H3,(H,11,13)/b12-9-. The highest BCUT2D eigenvalue weighted by atomic mass is 32.2. The van der Waals surface area contributed by atoms with Crippen LogP contribution in [0.1, 0.15) is 20.8 Å². The highest BCUT2D eigenvalue weighted by Crippen LogP contribution is 2.31. The van der Waals surface area contributed by atoms with Crippen LogP contribution in [0, 0.1) is 23.0 Å². The third-order valence-electron chi connectivity index (χ3n) is 1.88. The van der Waals surface area contributed by atoms with Crippen LogP contribution in [0.5, 0.6) is 0 Å². The van der Waals surface area contributed by atoms with Crippen LogP contribution in [-0.2, 0) is 4.79 Å². The highest BCUT2D eigenvalue weighted by Gasteiger charge is 2.35. The summed E-state index contributed by atoms with van der Waals surface area (Å²) < 4.78 is 0. The first-order chi connectivity index (χ1) is 6.88. The van der Waals surface area contributed by atoms with Gasteiger partial charge in [-0.3, -0.25) is 4.79 Å². The molecule has 4 nitrogen and oxygen atoms in total. The molecule has 0 aromatic carbocycles. The van der Waals surface area contributed by atoms with E-state index in [9.17, 15) is 4.79 Å². The quantitative estimate of drug-likeness (QED) is 0.247. The third kappa shape index (κ3) is 3.84. The van der Waals surface area contributed by atoms with Gasteiger partial charge in [-0.15, -0.1) is 6.42 Å². The van der Waals surface area contributed by atoms with Crippen molar-refractivity contribution >= 4 is 22.7 Å². The molecule has 1 unspecified atom stereocenters. The number of terminal acetylenes is 1. The zero-order valence-corrected chi connectivity index (χ0v) is 10.2. The predicted octanol–water partition coefficient (Wildman–Crippen LogP) is 1.51. The zero-order chi connectivity index (χ0) is 12.1. The van der Waals surface area contributed by atoms with Crippen molar-refractivity contribution in [2.24, 2.45) is 16.5 Å². The van der Waals surface area contributed by atoms with Crippen LogP contribution >= 0.6 is 11.8 Å². The molecule has 2 N–H and O–H groups in total. The lowest BCUT2D eigenvalue weighted by Crippen LogP contribution is -2.40. The summed E-state index contributed by atoms with van der Waals surface area (Å²) in [5.74, 6) is -0.758. The van der Waals surface area contributed by atoms with E-state index in [1.807, 2.05) is 20.8 Å². The minimum atomic E-state index is -0.548. The van der Waals surface area contributed by atoms with Crippen LogP contribution in [0.4, 0.5) is 0 Å². The SMILES string of the molecule is C#CS/C(=N\O)C(C(=O)NC)C(C)(C)C. The zero-order valence-electron chi connectivity index (χ0n) is 9.37. The summed E-state index contributed by atoms with van der Waals surface area (Å²) in [5.41, 5.74) is -0.356. The van der Waals surface area contributed by atoms with Crippen molar-refractivity contribution in [3.8, 4) is 11.7 Å². The first kappa shape index (κ1) is 13.8. The Kier molecular flexibility index (Phi) is 5.23. The van der Waals surface area contributed by atoms with Crippen molar-refractivity contribution in [1.29, 1.82) is 0 Å². The summed E-state index contributed by atoms with van der Waals surface area (Å²) in [6, 6.07) is 0. The minimum absolute atomic E-state index is 0.210. The van der Waals surface area contributed by atoms with Crippen molar-refractivity contribution in [3.63, 3.8) is 0 Å². The molecule has 0 saturated carbocycles. The molecule has 0 aliphatic rings. The summed E-state index contributed by atoms with van der Waals surface area (Å²) in [7, 11) is 1.54. The van der Waals surface area contributed by atoms with Gasteiger partial charge in [-0.05, 0) is 22.4 Å². The lowest BCUT2D eigenvalue weighted by Gasteiger charge is -2.28. The van der Waals surface area contributed by atoms with Gasteiger partial charge in [-0.25, -0.2) is 0 Å². The maximum atomic E-state index is 11.6. The number of carbonyl (C=O) groups is 1. The fourth-order valence-corrected chi connectivity index (χ4v) is 1.96. The van der Waals surface area contributed by atoms with Gasteiger partial charge in [0.1, 0.15) is 5.04 Å². The van der Waals surface area contributed by atoms with Crippen molar-refractivity contribution in [2.45, 2.75) is 20.8 Å². The molecule has 1 atom stereocenters. The van der Waals surface area contributed by atoms with Gasteiger partial charge in [0, 0.05) is 7.05 Å². The van der Waals surface area contributed by atoms with E-state index in [0.29, 0.717) is 0 Å². The minimum Gasteiger partial charge on any atom is -0.410 e. The van der Waals surface area contributed by atoms with Gasteiger partial charge in [0.05, 0.1) is 5.92 Å². The number of oxime groups is 1. The van der Waals surface area contributed by atoms with E-state index in [1.54, 1.807) is 0 Å². The Bertz CT molecular complexity index is 300. The smallest absolute Gasteiger partial charge is 0.230 e. The number of hydrogen-bond donors (Lipinski definition) is 2. The fourth-order valence-electron chi connectivity index (χ4n) is 1.22. The van der Waals surface area contributed by atoms with Crippen LogP contribution in [0.15, 0.2) is 5.16 Å². The van der Waals surface area contributed by atoms with E-state index in [2.05, 4.69) is 15.7 Å². The normalized spacial score (nSPS) is 14.2. The summed E-state index contributed by atoms with van der Waals surface area (Å²) in [6.07, 6.45) is 5.12. The van der Waals surface area contributed by atoms with E-state index in [4.69, 9.17) is 11.6 Å². The van der Waals surface area contributed by atoms with Crippen LogP contribution in [-0.4, -0.2) is 23.2 Å². The molecule has 5 heteroatoms. The van der Waals surface area contributed by atoms with Gasteiger partial charge >= 0.3 is 0 Å². The monoisotopic (exact) mass is 228 g/mol. The van der Waals surface area contributed by atoms with E-state index >= 15 is 0 Å². The van der Waals surface area contributed by atoms with E-state index in [0.717, 1.165) is 11.8 Å². The molecule has 0 aliphatic carbocycles. The van der Waals surface area contributed by atoms with Crippen molar-refractivity contribution in [3.05, 3.63) is 0 Å². The van der Waals surface area contributed by atoms with Crippen LogP contribution in [0.2, 0.25) is 0 Å². The van der Waals surface area contributed by atoms with Gasteiger partial charge in [-0.2, -0.15) is 0 Å². The van der Waals surface area contributed by atoms with Gasteiger partial charge in [-0.1, -0.05) is 25.9 Å². The van der Waals surface area contributed by atoms with Crippen LogP contribution in [0.3, 0.4) is 0 Å². The van der Waals surface area contributed by atoms with E-state index in [1.165, 1.54) is 7.05 Å². The molecule has 0 aliphatic heterocycles. The van der Waals surface area contributed by atoms with E-state index in [-0.39, 0.29) is 16.4 Å². The maximum absolute atomic E-state index is 11.6. The Balaban J connectivity index is 5.12. The topological polar surface area (TPSA) is 61.7 Å². The summed E-state index contributed by atoms with van der Waals surface area (Å²) in [6.45, 7) is 5.65. The molecule has 0 radical (unpaired) electrons. The maximum Gasteiger partial charge on any atom is 0.230 e. The molecule has 84 valence electrons. The Labute approximate surface area is 94.5 Å².